The first-order chi connectivity index (χ1) is 1.91. The van der Waals surface area contributed by atoms with Crippen molar-refractivity contribution >= 4 is 43.0 Å². The fraction of sp³-hybridized carbons (Fsp3) is 0. The average molecular weight is 189 g/mol. The van der Waals surface area contributed by atoms with Crippen molar-refractivity contribution in [3.05, 3.63) is 0 Å². The molecule has 0 radical (unpaired) electrons. The molecule has 0 aliphatic rings. The Kier molecular flexibility index (Phi) is 18.6. The van der Waals surface area contributed by atoms with Crippen molar-refractivity contribution in [2.75, 3.05) is 0 Å². The van der Waals surface area contributed by atoms with Gasteiger partial charge in [-0.2, -0.15) is 0 Å². The number of hydrogen-bond acceptors (Lipinski definition) is 4. The van der Waals surface area contributed by atoms with Gasteiger partial charge in [-0.1, -0.05) is 23.3 Å². The maximum absolute atomic E-state index is 3.72. The maximum atomic E-state index is 3.72. The summed E-state index contributed by atoms with van der Waals surface area (Å²) in [6.07, 6.45) is 0. The Balaban J connectivity index is 0. The van der Waals surface area contributed by atoms with Gasteiger partial charge in [-0.05, 0) is 19.7 Å². The minimum atomic E-state index is 0. The van der Waals surface area contributed by atoms with Gasteiger partial charge in [0.2, 0.25) is 0 Å². The summed E-state index contributed by atoms with van der Waals surface area (Å²) in [6, 6.07) is 0. The summed E-state index contributed by atoms with van der Waals surface area (Å²) in [5.74, 6) is 0. The van der Waals surface area contributed by atoms with Crippen LogP contribution >= 0.6 is 43.0 Å². The van der Waals surface area contributed by atoms with Crippen LogP contribution in [0.25, 0.3) is 0 Å². The van der Waals surface area contributed by atoms with E-state index in [1.54, 1.807) is 0 Å². The first-order valence-electron chi connectivity index (χ1n) is 0.532. The van der Waals surface area contributed by atoms with Crippen LogP contribution in [0, 0.1) is 0 Å². The molecule has 0 atom stereocenters. The molecule has 0 unspecified atom stereocenters. The molecule has 0 bridgehead atoms. The summed E-state index contributed by atoms with van der Waals surface area (Å²) >= 11 is 7.45. The van der Waals surface area contributed by atoms with Crippen LogP contribution in [0.5, 0.6) is 0 Å². The van der Waals surface area contributed by atoms with Gasteiger partial charge in [-0.3, -0.25) is 0 Å². The van der Waals surface area contributed by atoms with Crippen molar-refractivity contribution in [3.63, 3.8) is 0 Å². The van der Waals surface area contributed by atoms with Crippen LogP contribution in [0.4, 0.5) is 0 Å². The largest absolute Gasteiger partial charge is 0.0989 e. The maximum Gasteiger partial charge on any atom is 0 e. The third-order valence-corrected chi connectivity index (χ3v) is 2.70. The molecule has 5 heavy (non-hydrogen) atoms. The zero-order chi connectivity index (χ0) is 3.41. The molecule has 0 aliphatic carbocycles. The second kappa shape index (κ2) is 9.31. The molecule has 0 fully saturated rings. The molecule has 0 amide bonds. The Bertz CT molecular complexity index is 5.61. The molecule has 0 saturated carbocycles. The molecule has 0 rings (SSSR count). The molecule has 0 aromatic heterocycles. The molecule has 0 N–H and O–H groups in total. The van der Waals surface area contributed by atoms with Crippen LogP contribution < -0.4 is 0 Å². The molecule has 0 nitrogen and oxygen atoms in total. The summed E-state index contributed by atoms with van der Waals surface area (Å²) in [7, 11) is 2.66. The number of rotatable bonds is 1. The molecule has 0 saturated heterocycles. The normalized spacial score (nSPS) is 6.00. The summed E-state index contributed by atoms with van der Waals surface area (Å²) in [4.78, 5) is 0. The van der Waals surface area contributed by atoms with Gasteiger partial charge in [-0.15, -0.1) is 0 Å². The van der Waals surface area contributed by atoms with Crippen LogP contribution in [0.15, 0.2) is 0 Å². The topological polar surface area (TPSA) is 0 Å². The van der Waals surface area contributed by atoms with E-state index >= 15 is 0 Å². The zero-order valence-electron chi connectivity index (χ0n) is 2.03. The van der Waals surface area contributed by atoms with Crippen molar-refractivity contribution < 1.29 is 16.5 Å². The average Bonchev–Trinajstić information content (AvgIpc) is 1.37. The fourth-order valence-electron chi connectivity index (χ4n) is 0. The Morgan fingerprint density at radius 1 is 1.00 bits per heavy atom. The molecule has 0 aromatic rings. The summed E-state index contributed by atoms with van der Waals surface area (Å²) in [6.45, 7) is 0. The molecular formula is H2NiS4. The van der Waals surface area contributed by atoms with Crippen LogP contribution in [-0.4, -0.2) is 0 Å². The smallest absolute Gasteiger partial charge is 0 e. The summed E-state index contributed by atoms with van der Waals surface area (Å²) < 4.78 is 0. The van der Waals surface area contributed by atoms with Gasteiger partial charge in [0.15, 0.2) is 0 Å². The van der Waals surface area contributed by atoms with E-state index in [0.29, 0.717) is 0 Å². The van der Waals surface area contributed by atoms with E-state index < -0.39 is 0 Å². The van der Waals surface area contributed by atoms with Crippen molar-refractivity contribution in [1.29, 1.82) is 0 Å². The van der Waals surface area contributed by atoms with E-state index in [-0.39, 0.29) is 16.5 Å². The SMILES string of the molecule is SSSS.[Ni]. The third kappa shape index (κ3) is 10.7. The second-order valence-corrected chi connectivity index (χ2v) is 4.02. The van der Waals surface area contributed by atoms with Gasteiger partial charge in [0, 0.05) is 16.5 Å². The Morgan fingerprint density at radius 2 is 1.20 bits per heavy atom. The molecule has 5 heteroatoms. The minimum absolute atomic E-state index is 0. The molecule has 0 heterocycles. The standard InChI is InChI=1S/Ni.H2S4/c;1-3-4-2/h;1-2H. The predicted molar refractivity (Wildman–Crippen MR) is 33.2 cm³/mol. The van der Waals surface area contributed by atoms with Gasteiger partial charge in [0.25, 0.3) is 0 Å². The number of thiol groups is 2. The second-order valence-electron chi connectivity index (χ2n) is 0.149. The fourth-order valence-corrected chi connectivity index (χ4v) is 0. The summed E-state index contributed by atoms with van der Waals surface area (Å²) in [5.41, 5.74) is 0. The van der Waals surface area contributed by atoms with E-state index in [2.05, 4.69) is 23.3 Å². The summed E-state index contributed by atoms with van der Waals surface area (Å²) in [5, 5.41) is 0. The van der Waals surface area contributed by atoms with E-state index in [4.69, 9.17) is 0 Å². The Hall–Kier alpha value is 1.89. The van der Waals surface area contributed by atoms with Crippen molar-refractivity contribution in [2.45, 2.75) is 0 Å². The monoisotopic (exact) mass is 188 g/mol. The zero-order valence-corrected chi connectivity index (χ0v) is 6.44. The molecule has 36 valence electrons. The molecule has 0 aliphatic heterocycles. The Morgan fingerprint density at radius 3 is 1.20 bits per heavy atom. The van der Waals surface area contributed by atoms with E-state index in [0.717, 1.165) is 0 Å². The first kappa shape index (κ1) is 10.00. The van der Waals surface area contributed by atoms with Crippen LogP contribution in [0.1, 0.15) is 0 Å². The quantitative estimate of drug-likeness (QED) is 0.368. The van der Waals surface area contributed by atoms with E-state index in [9.17, 15) is 0 Å². The van der Waals surface area contributed by atoms with Crippen LogP contribution in [0.2, 0.25) is 0 Å². The third-order valence-electron chi connectivity index (χ3n) is 0.0333. The van der Waals surface area contributed by atoms with Gasteiger partial charge >= 0.3 is 0 Å². The van der Waals surface area contributed by atoms with Gasteiger partial charge in [-0.25, -0.2) is 0 Å². The van der Waals surface area contributed by atoms with Crippen molar-refractivity contribution in [2.24, 2.45) is 0 Å². The molecule has 0 spiro atoms. The van der Waals surface area contributed by atoms with Crippen molar-refractivity contribution in [1.82, 2.24) is 0 Å². The predicted octanol–water partition coefficient (Wildman–Crippen LogP) is 2.05. The van der Waals surface area contributed by atoms with Gasteiger partial charge in [0.05, 0.1) is 0 Å². The van der Waals surface area contributed by atoms with E-state index in [1.807, 2.05) is 0 Å². The van der Waals surface area contributed by atoms with Gasteiger partial charge < -0.3 is 0 Å². The number of hydrogen-bond donors (Lipinski definition) is 2. The van der Waals surface area contributed by atoms with E-state index in [1.165, 1.54) is 19.7 Å². The molecule has 0 aromatic carbocycles. The minimum Gasteiger partial charge on any atom is -0.0989 e. The molecular weight excluding hydrogens is 187 g/mol. The van der Waals surface area contributed by atoms with Crippen molar-refractivity contribution in [3.8, 4) is 0 Å². The van der Waals surface area contributed by atoms with Crippen LogP contribution in [-0.2, 0) is 16.5 Å². The first-order valence-corrected chi connectivity index (χ1v) is 4.79. The van der Waals surface area contributed by atoms with Crippen LogP contribution in [0.3, 0.4) is 0 Å². The van der Waals surface area contributed by atoms with Gasteiger partial charge in [0.1, 0.15) is 0 Å². The Labute approximate surface area is 59.2 Å².